The number of carbonyl (C=O) groups excluding carboxylic acids is 2. The Morgan fingerprint density at radius 2 is 1.64 bits per heavy atom. The highest BCUT2D eigenvalue weighted by atomic mass is 35.5. The first-order chi connectivity index (χ1) is 13.3. The number of halogens is 2. The average molecular weight is 421 g/mol. The fraction of sp³-hybridized carbons (Fsp3) is 0.364. The Morgan fingerprint density at radius 1 is 1.07 bits per heavy atom. The Labute approximate surface area is 176 Å². The third-order valence-electron chi connectivity index (χ3n) is 4.66. The Bertz CT molecular complexity index is 827. The molecule has 0 spiro atoms. The van der Waals surface area contributed by atoms with Gasteiger partial charge in [-0.05, 0) is 38.0 Å². The lowest BCUT2D eigenvalue weighted by molar-refractivity contribution is -0.140. The van der Waals surface area contributed by atoms with E-state index in [9.17, 15) is 9.59 Å². The van der Waals surface area contributed by atoms with E-state index in [1.807, 2.05) is 32.9 Å². The van der Waals surface area contributed by atoms with Crippen molar-refractivity contribution in [3.8, 4) is 0 Å². The highest BCUT2D eigenvalue weighted by Gasteiger charge is 2.29. The number of amides is 2. The zero-order chi connectivity index (χ0) is 20.8. The average Bonchev–Trinajstić information content (AvgIpc) is 2.62. The van der Waals surface area contributed by atoms with Gasteiger partial charge in [-0.3, -0.25) is 9.59 Å². The molecule has 2 aromatic carbocycles. The normalized spacial score (nSPS) is 11.8. The third kappa shape index (κ3) is 5.49. The zero-order valence-corrected chi connectivity index (χ0v) is 18.2. The zero-order valence-electron chi connectivity index (χ0n) is 16.7. The van der Waals surface area contributed by atoms with E-state index in [0.717, 1.165) is 16.7 Å². The van der Waals surface area contributed by atoms with E-state index in [-0.39, 0.29) is 24.8 Å². The molecule has 4 nitrogen and oxygen atoms in total. The van der Waals surface area contributed by atoms with Crippen LogP contribution in [0.4, 0.5) is 0 Å². The number of nitrogens with one attached hydrogen (secondary N) is 1. The number of hydrogen-bond donors (Lipinski definition) is 1. The maximum atomic E-state index is 13.2. The molecular weight excluding hydrogens is 395 g/mol. The summed E-state index contributed by atoms with van der Waals surface area (Å²) in [5.41, 5.74) is 3.76. The molecule has 6 heteroatoms. The van der Waals surface area contributed by atoms with Gasteiger partial charge in [0.05, 0.1) is 6.42 Å². The van der Waals surface area contributed by atoms with E-state index in [1.54, 1.807) is 30.1 Å². The van der Waals surface area contributed by atoms with Crippen LogP contribution < -0.4 is 5.32 Å². The van der Waals surface area contributed by atoms with E-state index < -0.39 is 6.04 Å². The smallest absolute Gasteiger partial charge is 0.242 e. The van der Waals surface area contributed by atoms with Crippen LogP contribution in [0.25, 0.3) is 0 Å². The molecule has 0 aliphatic rings. The van der Waals surface area contributed by atoms with Crippen molar-refractivity contribution < 1.29 is 9.59 Å². The predicted octanol–water partition coefficient (Wildman–Crippen LogP) is 4.71. The van der Waals surface area contributed by atoms with Crippen LogP contribution in [0.15, 0.2) is 36.4 Å². The second-order valence-corrected chi connectivity index (χ2v) is 7.75. The Balaban J connectivity index is 2.39. The van der Waals surface area contributed by atoms with Crippen molar-refractivity contribution in [1.29, 1.82) is 0 Å². The second kappa shape index (κ2) is 9.94. The number of aryl methyl sites for hydroxylation is 2. The molecule has 1 atom stereocenters. The van der Waals surface area contributed by atoms with Gasteiger partial charge in [0.25, 0.3) is 0 Å². The van der Waals surface area contributed by atoms with Crippen LogP contribution in [0.2, 0.25) is 10.0 Å². The molecule has 0 unspecified atom stereocenters. The van der Waals surface area contributed by atoms with Crippen LogP contribution >= 0.6 is 23.2 Å². The molecule has 0 aromatic heterocycles. The van der Waals surface area contributed by atoms with Crippen molar-refractivity contribution in [3.05, 3.63) is 68.7 Å². The van der Waals surface area contributed by atoms with E-state index in [0.29, 0.717) is 22.0 Å². The van der Waals surface area contributed by atoms with Gasteiger partial charge in [0.1, 0.15) is 6.04 Å². The first-order valence-corrected chi connectivity index (χ1v) is 10.0. The summed E-state index contributed by atoms with van der Waals surface area (Å²) in [5.74, 6) is -0.351. The van der Waals surface area contributed by atoms with Gasteiger partial charge in [-0.25, -0.2) is 0 Å². The SMILES string of the molecule is CC[C@H](C(=O)NC)N(Cc1c(Cl)cccc1Cl)C(=O)Cc1cc(C)cc(C)c1. The first kappa shape index (κ1) is 22.3. The van der Waals surface area contributed by atoms with E-state index in [4.69, 9.17) is 23.2 Å². The molecular formula is C22H26Cl2N2O2. The van der Waals surface area contributed by atoms with Crippen molar-refractivity contribution in [2.75, 3.05) is 7.05 Å². The maximum Gasteiger partial charge on any atom is 0.242 e. The minimum Gasteiger partial charge on any atom is -0.357 e. The molecule has 0 saturated heterocycles. The summed E-state index contributed by atoms with van der Waals surface area (Å²) in [4.78, 5) is 27.3. The van der Waals surface area contributed by atoms with Crippen molar-refractivity contribution in [1.82, 2.24) is 10.2 Å². The molecule has 1 N–H and O–H groups in total. The first-order valence-electron chi connectivity index (χ1n) is 9.28. The molecule has 2 amide bonds. The van der Waals surface area contributed by atoms with E-state index >= 15 is 0 Å². The van der Waals surface area contributed by atoms with Gasteiger partial charge in [0.15, 0.2) is 0 Å². The maximum absolute atomic E-state index is 13.2. The van der Waals surface area contributed by atoms with Crippen LogP contribution in [0.5, 0.6) is 0 Å². The highest BCUT2D eigenvalue weighted by Crippen LogP contribution is 2.27. The van der Waals surface area contributed by atoms with Gasteiger partial charge in [0, 0.05) is 29.2 Å². The Morgan fingerprint density at radius 3 is 2.14 bits per heavy atom. The van der Waals surface area contributed by atoms with Gasteiger partial charge in [-0.15, -0.1) is 0 Å². The minimum absolute atomic E-state index is 0.142. The van der Waals surface area contributed by atoms with E-state index in [2.05, 4.69) is 11.4 Å². The molecule has 0 saturated carbocycles. The van der Waals surface area contributed by atoms with Crippen LogP contribution in [-0.4, -0.2) is 29.8 Å². The topological polar surface area (TPSA) is 49.4 Å². The molecule has 150 valence electrons. The number of carbonyl (C=O) groups is 2. The molecule has 0 radical (unpaired) electrons. The summed E-state index contributed by atoms with van der Waals surface area (Å²) >= 11 is 12.6. The number of likely N-dealkylation sites (N-methyl/N-ethyl adjacent to an activating group) is 1. The number of benzene rings is 2. The number of hydrogen-bond acceptors (Lipinski definition) is 2. The van der Waals surface area contributed by atoms with Gasteiger partial charge in [0.2, 0.25) is 11.8 Å². The number of nitrogens with zero attached hydrogens (tertiary/aromatic N) is 1. The van der Waals surface area contributed by atoms with Crippen LogP contribution in [0, 0.1) is 13.8 Å². The molecule has 28 heavy (non-hydrogen) atoms. The minimum atomic E-state index is -0.601. The van der Waals surface area contributed by atoms with Crippen LogP contribution in [-0.2, 0) is 22.6 Å². The largest absolute Gasteiger partial charge is 0.357 e. The molecule has 0 aliphatic heterocycles. The van der Waals surface area contributed by atoms with Gasteiger partial charge in [-0.1, -0.05) is 65.5 Å². The third-order valence-corrected chi connectivity index (χ3v) is 5.37. The van der Waals surface area contributed by atoms with Crippen LogP contribution in [0.1, 0.15) is 35.6 Å². The standard InChI is InChI=1S/C22H26Cl2N2O2/c1-5-20(22(28)25-4)26(13-17-18(23)7-6-8-19(17)24)21(27)12-16-10-14(2)9-15(3)11-16/h6-11,20H,5,12-13H2,1-4H3,(H,25,28)/t20-/m1/s1. The van der Waals surface area contributed by atoms with Crippen LogP contribution in [0.3, 0.4) is 0 Å². The molecule has 2 aromatic rings. The van der Waals surface area contributed by atoms with Crippen molar-refractivity contribution >= 4 is 35.0 Å². The molecule has 0 fully saturated rings. The van der Waals surface area contributed by atoms with Gasteiger partial charge in [-0.2, -0.15) is 0 Å². The van der Waals surface area contributed by atoms with Crippen molar-refractivity contribution in [2.45, 2.75) is 46.2 Å². The van der Waals surface area contributed by atoms with Gasteiger partial charge < -0.3 is 10.2 Å². The summed E-state index contributed by atoms with van der Waals surface area (Å²) in [6, 6.07) is 10.7. The summed E-state index contributed by atoms with van der Waals surface area (Å²) in [6.07, 6.45) is 0.693. The summed E-state index contributed by atoms with van der Waals surface area (Å²) in [5, 5.41) is 3.60. The monoisotopic (exact) mass is 420 g/mol. The summed E-state index contributed by atoms with van der Waals surface area (Å²) in [7, 11) is 1.57. The van der Waals surface area contributed by atoms with Crippen molar-refractivity contribution in [2.24, 2.45) is 0 Å². The summed E-state index contributed by atoms with van der Waals surface area (Å²) in [6.45, 7) is 6.06. The highest BCUT2D eigenvalue weighted by molar-refractivity contribution is 6.36. The fourth-order valence-corrected chi connectivity index (χ4v) is 3.90. The van der Waals surface area contributed by atoms with E-state index in [1.165, 1.54) is 0 Å². The Hall–Kier alpha value is -2.04. The quantitative estimate of drug-likeness (QED) is 0.704. The lowest BCUT2D eigenvalue weighted by Gasteiger charge is -2.31. The van der Waals surface area contributed by atoms with Crippen molar-refractivity contribution in [3.63, 3.8) is 0 Å². The predicted molar refractivity (Wildman–Crippen MR) is 115 cm³/mol. The lowest BCUT2D eigenvalue weighted by atomic mass is 10.0. The molecule has 0 heterocycles. The Kier molecular flexibility index (Phi) is 7.90. The summed E-state index contributed by atoms with van der Waals surface area (Å²) < 4.78 is 0. The second-order valence-electron chi connectivity index (χ2n) is 6.93. The molecule has 0 aliphatic carbocycles. The molecule has 0 bridgehead atoms. The number of rotatable bonds is 7. The lowest BCUT2D eigenvalue weighted by Crippen LogP contribution is -2.48. The fourth-order valence-electron chi connectivity index (χ4n) is 3.39. The van der Waals surface area contributed by atoms with Gasteiger partial charge >= 0.3 is 0 Å². The molecule has 2 rings (SSSR count).